The molecule has 0 bridgehead atoms. The van der Waals surface area contributed by atoms with Gasteiger partial charge >= 0.3 is 0 Å². The molecule has 0 aliphatic heterocycles. The zero-order valence-electron chi connectivity index (χ0n) is 12.8. The first kappa shape index (κ1) is 15.8. The van der Waals surface area contributed by atoms with Gasteiger partial charge in [0.2, 0.25) is 0 Å². The number of aromatic nitrogens is 3. The van der Waals surface area contributed by atoms with Crippen molar-refractivity contribution in [2.24, 2.45) is 0 Å². The molecule has 3 heterocycles. The largest absolute Gasteiger partial charge is 0.383 e. The minimum atomic E-state index is 0.0468. The van der Waals surface area contributed by atoms with Crippen LogP contribution in [0.1, 0.15) is 29.4 Å². The Kier molecular flexibility index (Phi) is 4.25. The number of hydrogen-bond acceptors (Lipinski definition) is 5. The number of nitrogens with two attached hydrogens (primary N) is 1. The molecule has 0 amide bonds. The zero-order chi connectivity index (χ0) is 16.6. The quantitative estimate of drug-likeness (QED) is 0.517. The lowest BCUT2D eigenvalue weighted by Crippen LogP contribution is -2.01. The Hall–Kier alpha value is -2.09. The molecule has 6 heteroatoms. The van der Waals surface area contributed by atoms with E-state index in [0.29, 0.717) is 17.9 Å². The molecule has 0 atom stereocenters. The van der Waals surface area contributed by atoms with E-state index in [4.69, 9.17) is 5.73 Å². The minimum absolute atomic E-state index is 0.0468. The van der Waals surface area contributed by atoms with Gasteiger partial charge in [0.25, 0.3) is 0 Å². The number of carbonyl (C=O) groups excluding carboxylic acids is 1. The fraction of sp³-hybridized carbons (Fsp3) is 0.176. The summed E-state index contributed by atoms with van der Waals surface area (Å²) in [7, 11) is 0. The average Bonchev–Trinajstić information content (AvgIpc) is 2.57. The predicted octanol–water partition coefficient (Wildman–Crippen LogP) is 3.78. The molecule has 0 aliphatic rings. The van der Waals surface area contributed by atoms with E-state index >= 15 is 0 Å². The molecule has 0 saturated carbocycles. The van der Waals surface area contributed by atoms with Crippen LogP contribution in [0, 0.1) is 10.5 Å². The third kappa shape index (κ3) is 2.90. The number of rotatable bonds is 3. The van der Waals surface area contributed by atoms with Gasteiger partial charge in [-0.1, -0.05) is 6.92 Å². The van der Waals surface area contributed by atoms with Crippen LogP contribution in [-0.2, 0) is 0 Å². The highest BCUT2D eigenvalue weighted by Gasteiger charge is 2.11. The van der Waals surface area contributed by atoms with Crippen LogP contribution < -0.4 is 5.73 Å². The fourth-order valence-electron chi connectivity index (χ4n) is 2.42. The summed E-state index contributed by atoms with van der Waals surface area (Å²) >= 11 is 2.15. The highest BCUT2D eigenvalue weighted by atomic mass is 127. The molecular weight excluding hydrogens is 403 g/mol. The molecule has 0 unspecified atom stereocenters. The number of nitrogens with zero attached hydrogens (tertiary/aromatic N) is 3. The second-order valence-electron chi connectivity index (χ2n) is 5.28. The Balaban J connectivity index is 2.10. The summed E-state index contributed by atoms with van der Waals surface area (Å²) in [6, 6.07) is 3.85. The molecule has 0 saturated heterocycles. The van der Waals surface area contributed by atoms with Crippen molar-refractivity contribution in [1.29, 1.82) is 0 Å². The maximum atomic E-state index is 11.8. The number of pyridine rings is 3. The van der Waals surface area contributed by atoms with Crippen LogP contribution in [0.15, 0.2) is 30.7 Å². The van der Waals surface area contributed by atoms with Gasteiger partial charge in [-0.05, 0) is 47.2 Å². The van der Waals surface area contributed by atoms with E-state index < -0.39 is 0 Å². The van der Waals surface area contributed by atoms with Gasteiger partial charge < -0.3 is 5.73 Å². The summed E-state index contributed by atoms with van der Waals surface area (Å²) in [4.78, 5) is 24.7. The van der Waals surface area contributed by atoms with E-state index in [1.165, 1.54) is 0 Å². The third-order valence-corrected chi connectivity index (χ3v) is 4.78. The first-order valence-electron chi connectivity index (χ1n) is 7.21. The van der Waals surface area contributed by atoms with Gasteiger partial charge in [-0.15, -0.1) is 0 Å². The number of anilines is 1. The van der Waals surface area contributed by atoms with Crippen molar-refractivity contribution in [2.45, 2.75) is 20.3 Å². The second kappa shape index (κ2) is 6.19. The van der Waals surface area contributed by atoms with E-state index in [-0.39, 0.29) is 5.78 Å². The van der Waals surface area contributed by atoms with Crippen molar-refractivity contribution in [3.05, 3.63) is 45.6 Å². The second-order valence-corrected chi connectivity index (χ2v) is 6.36. The summed E-state index contributed by atoms with van der Waals surface area (Å²) in [5.74, 6) is 0.532. The molecule has 0 radical (unpaired) electrons. The molecule has 23 heavy (non-hydrogen) atoms. The van der Waals surface area contributed by atoms with Gasteiger partial charge in [-0.3, -0.25) is 14.8 Å². The summed E-state index contributed by atoms with van der Waals surface area (Å²) in [6.07, 6.45) is 5.71. The highest BCUT2D eigenvalue weighted by Crippen LogP contribution is 2.28. The molecule has 0 aromatic carbocycles. The van der Waals surface area contributed by atoms with Crippen LogP contribution in [-0.4, -0.2) is 20.7 Å². The summed E-state index contributed by atoms with van der Waals surface area (Å²) in [6.45, 7) is 3.81. The Morgan fingerprint density at radius 3 is 2.65 bits per heavy atom. The number of Topliss-reactive ketones (excluding diaryl/α,β-unsaturated/α-hetero) is 1. The third-order valence-electron chi connectivity index (χ3n) is 3.72. The Morgan fingerprint density at radius 1 is 1.17 bits per heavy atom. The van der Waals surface area contributed by atoms with Crippen molar-refractivity contribution in [3.8, 4) is 11.1 Å². The molecule has 116 valence electrons. The van der Waals surface area contributed by atoms with Crippen molar-refractivity contribution in [3.63, 3.8) is 0 Å². The molecule has 3 aromatic rings. The maximum absolute atomic E-state index is 11.8. The zero-order valence-corrected chi connectivity index (χ0v) is 15.0. The number of halogens is 1. The first-order chi connectivity index (χ1) is 11.0. The van der Waals surface area contributed by atoms with Crippen LogP contribution in [0.4, 0.5) is 5.82 Å². The number of nitrogen functional groups attached to an aromatic ring is 1. The van der Waals surface area contributed by atoms with E-state index in [1.54, 1.807) is 18.6 Å². The summed E-state index contributed by atoms with van der Waals surface area (Å²) in [5.41, 5.74) is 10.1. The number of aryl methyl sites for hydroxylation is 1. The predicted molar refractivity (Wildman–Crippen MR) is 99.3 cm³/mol. The smallest absolute Gasteiger partial charge is 0.180 e. The van der Waals surface area contributed by atoms with Crippen LogP contribution in [0.3, 0.4) is 0 Å². The number of fused-ring (bicyclic) bond motifs is 1. The van der Waals surface area contributed by atoms with Crippen LogP contribution in [0.2, 0.25) is 0 Å². The van der Waals surface area contributed by atoms with Gasteiger partial charge in [0, 0.05) is 41.5 Å². The molecule has 2 N–H and O–H groups in total. The van der Waals surface area contributed by atoms with Crippen LogP contribution in [0.25, 0.3) is 22.0 Å². The van der Waals surface area contributed by atoms with Crippen LogP contribution in [0.5, 0.6) is 0 Å². The highest BCUT2D eigenvalue weighted by molar-refractivity contribution is 14.1. The van der Waals surface area contributed by atoms with Gasteiger partial charge in [0.15, 0.2) is 5.78 Å². The summed E-state index contributed by atoms with van der Waals surface area (Å²) in [5, 5.41) is 0.925. The van der Waals surface area contributed by atoms with Crippen molar-refractivity contribution in [1.82, 2.24) is 15.0 Å². The average molecular weight is 418 g/mol. The van der Waals surface area contributed by atoms with Gasteiger partial charge in [-0.2, -0.15) is 0 Å². The SMILES string of the molecule is CCC(=O)c1cc(C)c(-c2cnc3c(I)c(N)ncc3c2)cn1. The topological polar surface area (TPSA) is 81.8 Å². The summed E-state index contributed by atoms with van der Waals surface area (Å²) < 4.78 is 0.852. The lowest BCUT2D eigenvalue weighted by Gasteiger charge is -2.09. The van der Waals surface area contributed by atoms with Crippen molar-refractivity contribution < 1.29 is 4.79 Å². The lowest BCUT2D eigenvalue weighted by atomic mass is 10.0. The standard InChI is InChI=1S/C17H15IN4O/c1-3-14(23)13-4-9(2)12(8-20-13)10-5-11-7-22-17(19)15(18)16(11)21-6-10/h4-8H,3H2,1-2H3,(H2,19,22). The first-order valence-corrected chi connectivity index (χ1v) is 8.29. The van der Waals surface area contributed by atoms with E-state index in [9.17, 15) is 4.79 Å². The maximum Gasteiger partial charge on any atom is 0.180 e. The normalized spacial score (nSPS) is 10.9. The van der Waals surface area contributed by atoms with E-state index in [2.05, 4.69) is 37.5 Å². The molecule has 0 aliphatic carbocycles. The molecule has 0 fully saturated rings. The molecule has 0 spiro atoms. The van der Waals surface area contributed by atoms with Gasteiger partial charge in [-0.25, -0.2) is 4.98 Å². The Morgan fingerprint density at radius 2 is 1.96 bits per heavy atom. The van der Waals surface area contributed by atoms with Crippen LogP contribution >= 0.6 is 22.6 Å². The number of hydrogen-bond donors (Lipinski definition) is 1. The number of carbonyl (C=O) groups is 1. The minimum Gasteiger partial charge on any atom is -0.383 e. The number of ketones is 1. The monoisotopic (exact) mass is 418 g/mol. The molecule has 3 rings (SSSR count). The van der Waals surface area contributed by atoms with Crippen molar-refractivity contribution >= 4 is 45.1 Å². The lowest BCUT2D eigenvalue weighted by molar-refractivity contribution is 0.0983. The molecular formula is C17H15IN4O. The van der Waals surface area contributed by atoms with Gasteiger partial charge in [0.1, 0.15) is 11.5 Å². The van der Waals surface area contributed by atoms with E-state index in [1.807, 2.05) is 26.0 Å². The molecule has 5 nitrogen and oxygen atoms in total. The van der Waals surface area contributed by atoms with Gasteiger partial charge in [0.05, 0.1) is 9.09 Å². The fourth-order valence-corrected chi connectivity index (χ4v) is 3.01. The van der Waals surface area contributed by atoms with E-state index in [0.717, 1.165) is 31.2 Å². The Labute approximate surface area is 147 Å². The molecule has 3 aromatic heterocycles. The van der Waals surface area contributed by atoms with Crippen molar-refractivity contribution in [2.75, 3.05) is 5.73 Å². The Bertz CT molecular complexity index is 924.